The number of Topliss-reactive ketones (excluding diaryl/α,β-unsaturated/α-hetero) is 1. The molecule has 0 bridgehead atoms. The highest BCUT2D eigenvalue weighted by atomic mass is 16.2. The van der Waals surface area contributed by atoms with Gasteiger partial charge >= 0.3 is 0 Å². The van der Waals surface area contributed by atoms with E-state index in [1.807, 2.05) is 6.92 Å². The number of likely N-dealkylation sites (N-methyl/N-ethyl adjacent to an activating group) is 1. The lowest BCUT2D eigenvalue weighted by Crippen LogP contribution is -2.57. The number of hydrogen-bond donors (Lipinski definition) is 0. The molecule has 2 rings (SSSR count). The number of piperazine rings is 1. The van der Waals surface area contributed by atoms with Gasteiger partial charge in [-0.25, -0.2) is 0 Å². The fourth-order valence-electron chi connectivity index (χ4n) is 1.98. The fraction of sp³-hybridized carbons (Fsp3) is 0.667. The maximum absolute atomic E-state index is 11.7. The summed E-state index contributed by atoms with van der Waals surface area (Å²) in [6.45, 7) is 2.60. The van der Waals surface area contributed by atoms with Crippen LogP contribution in [0.3, 0.4) is 0 Å². The van der Waals surface area contributed by atoms with Gasteiger partial charge in [-0.2, -0.15) is 0 Å². The lowest BCUT2D eigenvalue weighted by atomic mass is 10.1. The van der Waals surface area contributed by atoms with Crippen molar-refractivity contribution in [3.63, 3.8) is 0 Å². The van der Waals surface area contributed by atoms with Crippen molar-refractivity contribution in [2.24, 2.45) is 0 Å². The summed E-state index contributed by atoms with van der Waals surface area (Å²) in [6.07, 6.45) is 0.196. The lowest BCUT2D eigenvalue weighted by Gasteiger charge is -2.35. The number of rotatable bonds is 1. The Kier molecular flexibility index (Phi) is 2.02. The van der Waals surface area contributed by atoms with E-state index in [0.717, 1.165) is 0 Å². The number of ketones is 1. The van der Waals surface area contributed by atoms with Crippen molar-refractivity contribution in [1.82, 2.24) is 9.80 Å². The van der Waals surface area contributed by atoms with Gasteiger partial charge in [0.05, 0.1) is 13.1 Å². The molecular formula is C9H12N2O3. The second kappa shape index (κ2) is 3.08. The molecule has 2 aliphatic rings. The lowest BCUT2D eigenvalue weighted by molar-refractivity contribution is -0.153. The van der Waals surface area contributed by atoms with E-state index < -0.39 is 6.04 Å². The second-order valence-electron chi connectivity index (χ2n) is 3.63. The summed E-state index contributed by atoms with van der Waals surface area (Å²) in [7, 11) is 0. The minimum atomic E-state index is -0.510. The standard InChI is InChI=1S/C9H12N2O3/c1-2-10-5-8(13)11-4-6(12)3-7(11)9(10)14/h7H,2-5H2,1H3/t7-/m1/s1. The zero-order valence-electron chi connectivity index (χ0n) is 8.02. The van der Waals surface area contributed by atoms with Crippen LogP contribution in [0.4, 0.5) is 0 Å². The monoisotopic (exact) mass is 196 g/mol. The third-order valence-corrected chi connectivity index (χ3v) is 2.77. The number of carbonyl (C=O) groups is 3. The molecule has 2 aliphatic heterocycles. The molecule has 0 spiro atoms. The van der Waals surface area contributed by atoms with E-state index in [1.165, 1.54) is 9.80 Å². The van der Waals surface area contributed by atoms with Gasteiger partial charge in [-0.15, -0.1) is 0 Å². The van der Waals surface area contributed by atoms with Crippen LogP contribution >= 0.6 is 0 Å². The van der Waals surface area contributed by atoms with E-state index in [4.69, 9.17) is 0 Å². The van der Waals surface area contributed by atoms with Crippen molar-refractivity contribution >= 4 is 17.6 Å². The molecule has 2 fully saturated rings. The molecule has 2 heterocycles. The van der Waals surface area contributed by atoms with Crippen molar-refractivity contribution in [2.75, 3.05) is 19.6 Å². The predicted molar refractivity (Wildman–Crippen MR) is 47.4 cm³/mol. The van der Waals surface area contributed by atoms with Gasteiger partial charge in [0.15, 0.2) is 5.78 Å². The minimum Gasteiger partial charge on any atom is -0.332 e. The van der Waals surface area contributed by atoms with Crippen LogP contribution in [-0.2, 0) is 14.4 Å². The molecule has 0 N–H and O–H groups in total. The number of hydrogen-bond acceptors (Lipinski definition) is 3. The highest BCUT2D eigenvalue weighted by Gasteiger charge is 2.44. The topological polar surface area (TPSA) is 57.7 Å². The normalized spacial score (nSPS) is 27.2. The zero-order valence-corrected chi connectivity index (χ0v) is 8.02. The molecule has 0 aromatic heterocycles. The summed E-state index contributed by atoms with van der Waals surface area (Å²) in [5.41, 5.74) is 0. The summed E-state index contributed by atoms with van der Waals surface area (Å²) in [5, 5.41) is 0. The van der Waals surface area contributed by atoms with E-state index in [1.54, 1.807) is 0 Å². The van der Waals surface area contributed by atoms with Gasteiger partial charge in [0.25, 0.3) is 0 Å². The van der Waals surface area contributed by atoms with E-state index >= 15 is 0 Å². The smallest absolute Gasteiger partial charge is 0.246 e. The maximum atomic E-state index is 11.7. The molecule has 14 heavy (non-hydrogen) atoms. The molecule has 76 valence electrons. The first kappa shape index (κ1) is 9.18. The third-order valence-electron chi connectivity index (χ3n) is 2.77. The van der Waals surface area contributed by atoms with Gasteiger partial charge in [0.2, 0.25) is 11.8 Å². The van der Waals surface area contributed by atoms with Crippen molar-refractivity contribution in [1.29, 1.82) is 0 Å². The van der Waals surface area contributed by atoms with Gasteiger partial charge in [0.1, 0.15) is 6.04 Å². The van der Waals surface area contributed by atoms with Gasteiger partial charge in [0, 0.05) is 13.0 Å². The Hall–Kier alpha value is -1.39. The van der Waals surface area contributed by atoms with E-state index in [-0.39, 0.29) is 37.1 Å². The first-order valence-corrected chi connectivity index (χ1v) is 4.73. The summed E-state index contributed by atoms with van der Waals surface area (Å²) in [6, 6.07) is -0.510. The predicted octanol–water partition coefficient (Wildman–Crippen LogP) is -0.981. The van der Waals surface area contributed by atoms with E-state index in [2.05, 4.69) is 0 Å². The summed E-state index contributed by atoms with van der Waals surface area (Å²) < 4.78 is 0. The molecule has 2 amide bonds. The number of carbonyl (C=O) groups excluding carboxylic acids is 3. The summed E-state index contributed by atoms with van der Waals surface area (Å²) in [5.74, 6) is -0.213. The van der Waals surface area contributed by atoms with Crippen LogP contribution in [0.15, 0.2) is 0 Å². The Labute approximate surface area is 81.7 Å². The van der Waals surface area contributed by atoms with E-state index in [0.29, 0.717) is 6.54 Å². The minimum absolute atomic E-state index is 0.0188. The van der Waals surface area contributed by atoms with Gasteiger partial charge < -0.3 is 9.80 Å². The van der Waals surface area contributed by atoms with Crippen LogP contribution in [0.1, 0.15) is 13.3 Å². The Bertz CT molecular complexity index is 313. The van der Waals surface area contributed by atoms with Crippen molar-refractivity contribution < 1.29 is 14.4 Å². The average Bonchev–Trinajstić information content (AvgIpc) is 2.54. The van der Waals surface area contributed by atoms with Crippen LogP contribution in [0, 0.1) is 0 Å². The molecule has 0 saturated carbocycles. The quantitative estimate of drug-likeness (QED) is 0.541. The Morgan fingerprint density at radius 2 is 2.00 bits per heavy atom. The molecular weight excluding hydrogens is 184 g/mol. The van der Waals surface area contributed by atoms with Gasteiger partial charge in [-0.3, -0.25) is 14.4 Å². The van der Waals surface area contributed by atoms with E-state index in [9.17, 15) is 14.4 Å². The highest BCUT2D eigenvalue weighted by molar-refractivity contribution is 6.02. The van der Waals surface area contributed by atoms with Crippen molar-refractivity contribution in [3.05, 3.63) is 0 Å². The van der Waals surface area contributed by atoms with Crippen LogP contribution < -0.4 is 0 Å². The molecule has 1 atom stereocenters. The SMILES string of the molecule is CCN1CC(=O)N2CC(=O)C[C@@H]2C1=O. The van der Waals surface area contributed by atoms with Crippen LogP contribution in [0.25, 0.3) is 0 Å². The molecule has 0 aromatic rings. The van der Waals surface area contributed by atoms with Gasteiger partial charge in [-0.05, 0) is 6.92 Å². The summed E-state index contributed by atoms with van der Waals surface area (Å²) >= 11 is 0. The van der Waals surface area contributed by atoms with Gasteiger partial charge in [-0.1, -0.05) is 0 Å². The zero-order chi connectivity index (χ0) is 10.3. The number of amides is 2. The first-order valence-electron chi connectivity index (χ1n) is 4.73. The fourth-order valence-corrected chi connectivity index (χ4v) is 1.98. The second-order valence-corrected chi connectivity index (χ2v) is 3.63. The Morgan fingerprint density at radius 1 is 1.29 bits per heavy atom. The molecule has 0 radical (unpaired) electrons. The summed E-state index contributed by atoms with van der Waals surface area (Å²) in [4.78, 5) is 37.3. The molecule has 0 aromatic carbocycles. The molecule has 5 heteroatoms. The van der Waals surface area contributed by atoms with Crippen LogP contribution in [0.5, 0.6) is 0 Å². The Morgan fingerprint density at radius 3 is 2.64 bits per heavy atom. The molecule has 5 nitrogen and oxygen atoms in total. The molecule has 2 saturated heterocycles. The average molecular weight is 196 g/mol. The molecule has 0 unspecified atom stereocenters. The number of nitrogens with zero attached hydrogens (tertiary/aromatic N) is 2. The van der Waals surface area contributed by atoms with Crippen molar-refractivity contribution in [2.45, 2.75) is 19.4 Å². The third kappa shape index (κ3) is 1.20. The Balaban J connectivity index is 2.24. The van der Waals surface area contributed by atoms with Crippen molar-refractivity contribution in [3.8, 4) is 0 Å². The first-order chi connectivity index (χ1) is 6.63. The van der Waals surface area contributed by atoms with Crippen LogP contribution in [-0.4, -0.2) is 53.1 Å². The largest absolute Gasteiger partial charge is 0.332 e. The maximum Gasteiger partial charge on any atom is 0.246 e. The highest BCUT2D eigenvalue weighted by Crippen LogP contribution is 2.21. The van der Waals surface area contributed by atoms with Crippen LogP contribution in [0.2, 0.25) is 0 Å². The molecule has 0 aliphatic carbocycles. The number of fused-ring (bicyclic) bond motifs is 1.